The fraction of sp³-hybridized carbons (Fsp3) is 0.417. The van der Waals surface area contributed by atoms with Gasteiger partial charge in [-0.1, -0.05) is 0 Å². The number of nitrogens with two attached hydrogens (primary N) is 1. The molecule has 0 heterocycles. The average molecular weight is 293 g/mol. The number of quaternary nitrogens is 1. The van der Waals surface area contributed by atoms with Crippen LogP contribution in [0.4, 0.5) is 18.9 Å². The molecule has 1 aromatic rings. The van der Waals surface area contributed by atoms with Gasteiger partial charge in [0.25, 0.3) is 5.91 Å². The largest absolute Gasteiger partial charge is 0.573 e. The summed E-state index contributed by atoms with van der Waals surface area (Å²) in [6.07, 6.45) is -4.72. The van der Waals surface area contributed by atoms with Crippen LogP contribution in [0, 0.1) is 0 Å². The van der Waals surface area contributed by atoms with Gasteiger partial charge in [-0.3, -0.25) is 4.79 Å². The molecule has 1 amide bonds. The molecule has 0 atom stereocenters. The number of amides is 1. The van der Waals surface area contributed by atoms with Crippen molar-refractivity contribution in [3.8, 4) is 5.75 Å². The summed E-state index contributed by atoms with van der Waals surface area (Å²) in [5.74, 6) is -0.576. The number of anilines is 1. The van der Waals surface area contributed by atoms with Crippen LogP contribution < -0.4 is 15.4 Å². The summed E-state index contributed by atoms with van der Waals surface area (Å²) >= 11 is 0. The van der Waals surface area contributed by atoms with E-state index in [-0.39, 0.29) is 18.2 Å². The fourth-order valence-electron chi connectivity index (χ4n) is 1.39. The Morgan fingerprint density at radius 2 is 1.95 bits per heavy atom. The smallest absolute Gasteiger partial charge is 0.406 e. The maximum Gasteiger partial charge on any atom is 0.573 e. The molecular weight excluding hydrogens is 277 g/mol. The van der Waals surface area contributed by atoms with Crippen LogP contribution in [0.3, 0.4) is 0 Å². The van der Waals surface area contributed by atoms with Crippen LogP contribution in [0.25, 0.3) is 0 Å². The SMILES string of the molecule is COCC[NH2+]CC(=O)Nc1ccc(OC(F)(F)F)cc1. The van der Waals surface area contributed by atoms with Crippen LogP contribution in [-0.2, 0) is 9.53 Å². The van der Waals surface area contributed by atoms with E-state index in [2.05, 4.69) is 10.1 Å². The van der Waals surface area contributed by atoms with E-state index in [0.717, 1.165) is 12.1 Å². The molecule has 0 aliphatic carbocycles. The molecule has 0 aromatic heterocycles. The maximum absolute atomic E-state index is 11.9. The summed E-state index contributed by atoms with van der Waals surface area (Å²) in [6, 6.07) is 4.96. The number of rotatable bonds is 7. The average Bonchev–Trinajstić information content (AvgIpc) is 2.35. The molecule has 5 nitrogen and oxygen atoms in total. The molecule has 1 rings (SSSR count). The normalized spacial score (nSPS) is 11.2. The van der Waals surface area contributed by atoms with Crippen LogP contribution in [0.5, 0.6) is 5.75 Å². The monoisotopic (exact) mass is 293 g/mol. The number of halogens is 3. The van der Waals surface area contributed by atoms with Crippen molar-refractivity contribution in [1.29, 1.82) is 0 Å². The number of benzene rings is 1. The molecule has 0 saturated carbocycles. The van der Waals surface area contributed by atoms with Crippen molar-refractivity contribution in [2.45, 2.75) is 6.36 Å². The Balaban J connectivity index is 2.39. The molecule has 1 aromatic carbocycles. The first-order valence-electron chi connectivity index (χ1n) is 5.87. The van der Waals surface area contributed by atoms with E-state index < -0.39 is 6.36 Å². The van der Waals surface area contributed by atoms with Gasteiger partial charge >= 0.3 is 6.36 Å². The Labute approximate surface area is 114 Å². The zero-order valence-corrected chi connectivity index (χ0v) is 10.9. The van der Waals surface area contributed by atoms with E-state index in [9.17, 15) is 18.0 Å². The van der Waals surface area contributed by atoms with Crippen molar-refractivity contribution < 1.29 is 32.8 Å². The highest BCUT2D eigenvalue weighted by Crippen LogP contribution is 2.23. The van der Waals surface area contributed by atoms with E-state index in [4.69, 9.17) is 4.74 Å². The lowest BCUT2D eigenvalue weighted by Gasteiger charge is -2.09. The number of nitrogens with one attached hydrogen (secondary N) is 1. The molecule has 0 aliphatic rings. The maximum atomic E-state index is 11.9. The topological polar surface area (TPSA) is 64.2 Å². The predicted molar refractivity (Wildman–Crippen MR) is 65.3 cm³/mol. The van der Waals surface area contributed by atoms with Crippen molar-refractivity contribution in [3.63, 3.8) is 0 Å². The third kappa shape index (κ3) is 6.95. The quantitative estimate of drug-likeness (QED) is 0.729. The van der Waals surface area contributed by atoms with Crippen LogP contribution in [0.2, 0.25) is 0 Å². The molecule has 0 aliphatic heterocycles. The fourth-order valence-corrected chi connectivity index (χ4v) is 1.39. The Morgan fingerprint density at radius 1 is 1.30 bits per heavy atom. The Bertz CT molecular complexity index is 421. The number of hydrogen-bond donors (Lipinski definition) is 2. The summed E-state index contributed by atoms with van der Waals surface area (Å²) in [6.45, 7) is 1.41. The lowest BCUT2D eigenvalue weighted by Crippen LogP contribution is -2.87. The highest BCUT2D eigenvalue weighted by molar-refractivity contribution is 5.91. The second-order valence-electron chi connectivity index (χ2n) is 3.89. The van der Waals surface area contributed by atoms with Gasteiger partial charge in [-0.2, -0.15) is 0 Å². The van der Waals surface area contributed by atoms with Crippen LogP contribution in [0.1, 0.15) is 0 Å². The second-order valence-corrected chi connectivity index (χ2v) is 3.89. The molecule has 0 saturated heterocycles. The number of hydrogen-bond acceptors (Lipinski definition) is 3. The molecule has 0 fully saturated rings. The van der Waals surface area contributed by atoms with E-state index in [1.54, 1.807) is 12.4 Å². The van der Waals surface area contributed by atoms with E-state index >= 15 is 0 Å². The van der Waals surface area contributed by atoms with E-state index in [1.807, 2.05) is 0 Å². The van der Waals surface area contributed by atoms with Gasteiger partial charge < -0.3 is 20.1 Å². The second kappa shape index (κ2) is 7.71. The minimum absolute atomic E-state index is 0.212. The molecule has 112 valence electrons. The zero-order valence-electron chi connectivity index (χ0n) is 10.9. The van der Waals surface area contributed by atoms with Crippen molar-refractivity contribution in [2.75, 3.05) is 32.1 Å². The van der Waals surface area contributed by atoms with Crippen molar-refractivity contribution in [1.82, 2.24) is 0 Å². The number of carbonyl (C=O) groups is 1. The molecule has 0 radical (unpaired) electrons. The van der Waals surface area contributed by atoms with Crippen molar-refractivity contribution >= 4 is 11.6 Å². The number of ether oxygens (including phenoxy) is 2. The Hall–Kier alpha value is -1.80. The third-order valence-corrected chi connectivity index (χ3v) is 2.23. The summed E-state index contributed by atoms with van der Waals surface area (Å²) in [5.41, 5.74) is 0.407. The third-order valence-electron chi connectivity index (χ3n) is 2.23. The van der Waals surface area contributed by atoms with Crippen molar-refractivity contribution in [2.24, 2.45) is 0 Å². The van der Waals surface area contributed by atoms with Crippen molar-refractivity contribution in [3.05, 3.63) is 24.3 Å². The summed E-state index contributed by atoms with van der Waals surface area (Å²) in [4.78, 5) is 11.5. The molecule has 3 N–H and O–H groups in total. The first kappa shape index (κ1) is 16.3. The summed E-state index contributed by atoms with van der Waals surface area (Å²) < 4.78 is 44.4. The first-order valence-corrected chi connectivity index (χ1v) is 5.87. The molecule has 0 spiro atoms. The molecule has 20 heavy (non-hydrogen) atoms. The zero-order chi connectivity index (χ0) is 15.0. The lowest BCUT2D eigenvalue weighted by atomic mass is 10.3. The highest BCUT2D eigenvalue weighted by Gasteiger charge is 2.30. The molecule has 0 bridgehead atoms. The number of methoxy groups -OCH3 is 1. The minimum atomic E-state index is -4.72. The highest BCUT2D eigenvalue weighted by atomic mass is 19.4. The van der Waals surface area contributed by atoms with Crippen LogP contribution in [0.15, 0.2) is 24.3 Å². The molecule has 0 unspecified atom stereocenters. The van der Waals surface area contributed by atoms with E-state index in [1.165, 1.54) is 12.1 Å². The van der Waals surface area contributed by atoms with Crippen LogP contribution >= 0.6 is 0 Å². The first-order chi connectivity index (χ1) is 9.40. The van der Waals surface area contributed by atoms with Gasteiger partial charge in [0.15, 0.2) is 6.54 Å². The molecular formula is C12H16F3N2O3+. The van der Waals surface area contributed by atoms with Crippen LogP contribution in [-0.4, -0.2) is 39.1 Å². The standard InChI is InChI=1S/C12H15F3N2O3/c1-19-7-6-16-8-11(18)17-9-2-4-10(5-3-9)20-12(13,14)15/h2-5,16H,6-8H2,1H3,(H,17,18)/p+1. The van der Waals surface area contributed by atoms with Gasteiger partial charge in [-0.05, 0) is 24.3 Å². The van der Waals surface area contributed by atoms with Gasteiger partial charge in [-0.15, -0.1) is 13.2 Å². The lowest BCUT2D eigenvalue weighted by molar-refractivity contribution is -0.645. The number of alkyl halides is 3. The number of carbonyl (C=O) groups excluding carboxylic acids is 1. The Kier molecular flexibility index (Phi) is 6.26. The predicted octanol–water partition coefficient (Wildman–Crippen LogP) is 0.734. The van der Waals surface area contributed by atoms with Gasteiger partial charge in [0, 0.05) is 12.8 Å². The van der Waals surface area contributed by atoms with E-state index in [0.29, 0.717) is 18.8 Å². The van der Waals surface area contributed by atoms with Gasteiger partial charge in [0.2, 0.25) is 0 Å². The Morgan fingerprint density at radius 3 is 2.50 bits per heavy atom. The summed E-state index contributed by atoms with van der Waals surface area (Å²) in [5, 5.41) is 4.32. The summed E-state index contributed by atoms with van der Waals surface area (Å²) in [7, 11) is 1.57. The van der Waals surface area contributed by atoms with Gasteiger partial charge in [0.05, 0.1) is 13.2 Å². The van der Waals surface area contributed by atoms with Gasteiger partial charge in [-0.25, -0.2) is 0 Å². The molecule has 8 heteroatoms. The van der Waals surface area contributed by atoms with Gasteiger partial charge in [0.1, 0.15) is 5.75 Å². The minimum Gasteiger partial charge on any atom is -0.406 e.